The molecule has 0 saturated heterocycles. The zero-order valence-corrected chi connectivity index (χ0v) is 11.2. The second kappa shape index (κ2) is 7.29. The molecule has 0 amide bonds. The maximum atomic E-state index is 5.17. The second-order valence-corrected chi connectivity index (χ2v) is 4.19. The summed E-state index contributed by atoms with van der Waals surface area (Å²) in [4.78, 5) is 4.47. The van der Waals surface area contributed by atoms with E-state index in [1.165, 1.54) is 0 Å². The molecular formula is C12H23N3O2. The van der Waals surface area contributed by atoms with Crippen molar-refractivity contribution in [2.45, 2.75) is 26.3 Å². The van der Waals surface area contributed by atoms with Gasteiger partial charge in [-0.1, -0.05) is 0 Å². The quantitative estimate of drug-likeness (QED) is 0.706. The monoisotopic (exact) mass is 241 g/mol. The molecule has 1 rings (SSSR count). The molecule has 0 aliphatic carbocycles. The molecule has 1 unspecified atom stereocenters. The van der Waals surface area contributed by atoms with Crippen LogP contribution < -0.4 is 5.32 Å². The zero-order chi connectivity index (χ0) is 12.7. The van der Waals surface area contributed by atoms with E-state index < -0.39 is 0 Å². The van der Waals surface area contributed by atoms with Crippen LogP contribution >= 0.6 is 0 Å². The summed E-state index contributed by atoms with van der Waals surface area (Å²) in [7, 11) is 3.43. The Morgan fingerprint density at radius 2 is 2.18 bits per heavy atom. The summed E-state index contributed by atoms with van der Waals surface area (Å²) < 4.78 is 12.3. The number of nitrogens with one attached hydrogen (secondary N) is 1. The number of anilines is 1. The number of hydrogen-bond donors (Lipinski definition) is 1. The standard InChI is InChI=1S/C12H23N3O2/c1-10-8-15(11(2)9-17-4)12(14-10)13-6-5-7-16-3/h8,11H,5-7,9H2,1-4H3,(H,13,14). The van der Waals surface area contributed by atoms with Crippen LogP contribution in [-0.2, 0) is 9.47 Å². The molecule has 1 N–H and O–H groups in total. The van der Waals surface area contributed by atoms with Gasteiger partial charge in [0, 0.05) is 33.6 Å². The number of ether oxygens (including phenoxy) is 2. The highest BCUT2D eigenvalue weighted by Gasteiger charge is 2.11. The number of nitrogens with zero attached hydrogens (tertiary/aromatic N) is 2. The number of aromatic nitrogens is 2. The highest BCUT2D eigenvalue weighted by molar-refractivity contribution is 5.29. The van der Waals surface area contributed by atoms with Gasteiger partial charge in [-0.15, -0.1) is 0 Å². The van der Waals surface area contributed by atoms with Crippen LogP contribution in [0.3, 0.4) is 0 Å². The maximum Gasteiger partial charge on any atom is 0.203 e. The van der Waals surface area contributed by atoms with Crippen LogP contribution in [0.5, 0.6) is 0 Å². The molecule has 17 heavy (non-hydrogen) atoms. The Bertz CT molecular complexity index is 326. The zero-order valence-electron chi connectivity index (χ0n) is 11.2. The van der Waals surface area contributed by atoms with E-state index in [0.29, 0.717) is 6.61 Å². The van der Waals surface area contributed by atoms with Gasteiger partial charge in [-0.05, 0) is 20.3 Å². The third-order valence-corrected chi connectivity index (χ3v) is 2.54. The topological polar surface area (TPSA) is 48.3 Å². The molecule has 0 radical (unpaired) electrons. The number of aryl methyl sites for hydroxylation is 1. The number of methoxy groups -OCH3 is 2. The van der Waals surface area contributed by atoms with Gasteiger partial charge >= 0.3 is 0 Å². The molecule has 1 aromatic rings. The van der Waals surface area contributed by atoms with Crippen molar-refractivity contribution in [2.24, 2.45) is 0 Å². The Morgan fingerprint density at radius 1 is 1.41 bits per heavy atom. The van der Waals surface area contributed by atoms with E-state index in [1.54, 1.807) is 14.2 Å². The van der Waals surface area contributed by atoms with Crippen molar-refractivity contribution in [2.75, 3.05) is 39.3 Å². The Morgan fingerprint density at radius 3 is 2.82 bits per heavy atom. The first-order valence-corrected chi connectivity index (χ1v) is 5.96. The van der Waals surface area contributed by atoms with Gasteiger partial charge in [0.2, 0.25) is 5.95 Å². The average Bonchev–Trinajstić information content (AvgIpc) is 2.66. The molecule has 5 heteroatoms. The SMILES string of the molecule is COCCCNc1nc(C)cn1C(C)COC. The minimum Gasteiger partial charge on any atom is -0.385 e. The van der Waals surface area contributed by atoms with Crippen molar-refractivity contribution in [1.82, 2.24) is 9.55 Å². The van der Waals surface area contributed by atoms with Gasteiger partial charge in [0.25, 0.3) is 0 Å². The predicted octanol–water partition coefficient (Wildman–Crippen LogP) is 1.85. The largest absolute Gasteiger partial charge is 0.385 e. The highest BCUT2D eigenvalue weighted by atomic mass is 16.5. The third-order valence-electron chi connectivity index (χ3n) is 2.54. The molecule has 0 aliphatic rings. The third kappa shape index (κ3) is 4.36. The van der Waals surface area contributed by atoms with E-state index in [1.807, 2.05) is 13.1 Å². The normalized spacial score (nSPS) is 12.7. The van der Waals surface area contributed by atoms with E-state index in [4.69, 9.17) is 9.47 Å². The van der Waals surface area contributed by atoms with Crippen molar-refractivity contribution in [1.29, 1.82) is 0 Å². The molecule has 1 atom stereocenters. The summed E-state index contributed by atoms with van der Waals surface area (Å²) in [6.45, 7) is 6.42. The van der Waals surface area contributed by atoms with Crippen LogP contribution in [0.25, 0.3) is 0 Å². The fourth-order valence-electron chi connectivity index (χ4n) is 1.72. The summed E-state index contributed by atoms with van der Waals surface area (Å²) in [6.07, 6.45) is 3.02. The molecule has 5 nitrogen and oxygen atoms in total. The van der Waals surface area contributed by atoms with Crippen LogP contribution in [0, 0.1) is 6.92 Å². The average molecular weight is 241 g/mol. The van der Waals surface area contributed by atoms with Crippen molar-refractivity contribution < 1.29 is 9.47 Å². The second-order valence-electron chi connectivity index (χ2n) is 4.19. The van der Waals surface area contributed by atoms with E-state index >= 15 is 0 Å². The lowest BCUT2D eigenvalue weighted by Crippen LogP contribution is -2.15. The molecule has 0 bridgehead atoms. The highest BCUT2D eigenvalue weighted by Crippen LogP contribution is 2.16. The lowest BCUT2D eigenvalue weighted by Gasteiger charge is -2.16. The Balaban J connectivity index is 2.57. The molecule has 0 saturated carbocycles. The maximum absolute atomic E-state index is 5.17. The lowest BCUT2D eigenvalue weighted by molar-refractivity contribution is 0.163. The van der Waals surface area contributed by atoms with Crippen LogP contribution in [0.15, 0.2) is 6.20 Å². The molecular weight excluding hydrogens is 218 g/mol. The Hall–Kier alpha value is -1.07. The van der Waals surface area contributed by atoms with Gasteiger partial charge in [-0.2, -0.15) is 0 Å². The molecule has 0 aliphatic heterocycles. The summed E-state index contributed by atoms with van der Waals surface area (Å²) in [5.41, 5.74) is 1.02. The fourth-order valence-corrected chi connectivity index (χ4v) is 1.72. The van der Waals surface area contributed by atoms with E-state index in [-0.39, 0.29) is 6.04 Å². The van der Waals surface area contributed by atoms with Gasteiger partial charge in [0.1, 0.15) is 0 Å². The lowest BCUT2D eigenvalue weighted by atomic mass is 10.3. The van der Waals surface area contributed by atoms with Gasteiger partial charge in [-0.3, -0.25) is 0 Å². The smallest absolute Gasteiger partial charge is 0.203 e. The van der Waals surface area contributed by atoms with Crippen molar-refractivity contribution >= 4 is 5.95 Å². The van der Waals surface area contributed by atoms with Gasteiger partial charge in [0.05, 0.1) is 18.3 Å². The summed E-state index contributed by atoms with van der Waals surface area (Å²) in [5, 5.41) is 3.32. The minimum atomic E-state index is 0.283. The first-order valence-electron chi connectivity index (χ1n) is 5.96. The Labute approximate surface area is 103 Å². The van der Waals surface area contributed by atoms with E-state index in [0.717, 1.165) is 31.2 Å². The summed E-state index contributed by atoms with van der Waals surface area (Å²) in [6, 6.07) is 0.283. The Kier molecular flexibility index (Phi) is 6.00. The van der Waals surface area contributed by atoms with E-state index in [9.17, 15) is 0 Å². The first kappa shape index (κ1) is 14.0. The van der Waals surface area contributed by atoms with Gasteiger partial charge < -0.3 is 19.4 Å². The van der Waals surface area contributed by atoms with Crippen LogP contribution in [0.1, 0.15) is 25.1 Å². The molecule has 0 fully saturated rings. The number of hydrogen-bond acceptors (Lipinski definition) is 4. The minimum absolute atomic E-state index is 0.283. The first-order chi connectivity index (χ1) is 8.19. The van der Waals surface area contributed by atoms with Gasteiger partial charge in [-0.25, -0.2) is 4.98 Å². The number of imidazole rings is 1. The van der Waals surface area contributed by atoms with Crippen molar-refractivity contribution in [3.8, 4) is 0 Å². The van der Waals surface area contributed by atoms with Crippen LogP contribution in [-0.4, -0.2) is 43.5 Å². The van der Waals surface area contributed by atoms with Crippen molar-refractivity contribution in [3.63, 3.8) is 0 Å². The molecule has 0 aromatic carbocycles. The molecule has 1 heterocycles. The van der Waals surface area contributed by atoms with Crippen LogP contribution in [0.2, 0.25) is 0 Å². The molecule has 98 valence electrons. The summed E-state index contributed by atoms with van der Waals surface area (Å²) >= 11 is 0. The summed E-state index contributed by atoms with van der Waals surface area (Å²) in [5.74, 6) is 0.906. The predicted molar refractivity (Wildman–Crippen MR) is 68.5 cm³/mol. The van der Waals surface area contributed by atoms with Crippen LogP contribution in [0.4, 0.5) is 5.95 Å². The fraction of sp³-hybridized carbons (Fsp3) is 0.750. The molecule has 0 spiro atoms. The van der Waals surface area contributed by atoms with Crippen molar-refractivity contribution in [3.05, 3.63) is 11.9 Å². The number of rotatable bonds is 8. The van der Waals surface area contributed by atoms with Gasteiger partial charge in [0.15, 0.2) is 0 Å². The van der Waals surface area contributed by atoms with E-state index in [2.05, 4.69) is 21.8 Å². The molecule has 1 aromatic heterocycles.